The first-order valence-electron chi connectivity index (χ1n) is 12.2. The van der Waals surface area contributed by atoms with Crippen molar-refractivity contribution in [1.29, 1.82) is 0 Å². The molecule has 194 valence electrons. The largest absolute Gasteiger partial charge is 0.482 e. The minimum absolute atomic E-state index is 0.247. The third-order valence-corrected chi connectivity index (χ3v) is 7.05. The highest BCUT2D eigenvalue weighted by Gasteiger charge is 2.29. The highest BCUT2D eigenvalue weighted by atomic mass is 32.1. The van der Waals surface area contributed by atoms with Crippen molar-refractivity contribution in [3.05, 3.63) is 70.6 Å². The molecule has 9 heteroatoms. The number of anilines is 3. The Hall–Kier alpha value is -3.85. The molecule has 1 amide bonds. The third kappa shape index (κ3) is 7.10. The topological polar surface area (TPSA) is 103 Å². The second-order valence-electron chi connectivity index (χ2n) is 8.79. The molecule has 8 nitrogen and oxygen atoms in total. The Morgan fingerprint density at radius 3 is 2.43 bits per heavy atom. The first kappa shape index (κ1) is 26.2. The van der Waals surface area contributed by atoms with Gasteiger partial charge in [-0.05, 0) is 74.1 Å². The van der Waals surface area contributed by atoms with Crippen LogP contribution in [0.5, 0.6) is 5.75 Å². The minimum atomic E-state index is -0.674. The lowest BCUT2D eigenvalue weighted by atomic mass is 9.88. The van der Waals surface area contributed by atoms with Crippen LogP contribution in [-0.2, 0) is 31.9 Å². The fourth-order valence-corrected chi connectivity index (χ4v) is 5.49. The summed E-state index contributed by atoms with van der Waals surface area (Å²) in [6.07, 6.45) is 2.61. The van der Waals surface area contributed by atoms with Crippen molar-refractivity contribution in [1.82, 2.24) is 0 Å². The smallest absolute Gasteiger partial charge is 0.344 e. The van der Waals surface area contributed by atoms with E-state index in [0.717, 1.165) is 41.1 Å². The monoisotopic (exact) mass is 522 g/mol. The molecule has 4 rings (SSSR count). The van der Waals surface area contributed by atoms with Crippen LogP contribution in [0.4, 0.5) is 16.4 Å². The molecule has 0 saturated heterocycles. The van der Waals surface area contributed by atoms with Gasteiger partial charge >= 0.3 is 11.9 Å². The van der Waals surface area contributed by atoms with E-state index >= 15 is 0 Å². The maximum Gasteiger partial charge on any atom is 0.344 e. The van der Waals surface area contributed by atoms with Gasteiger partial charge in [-0.1, -0.05) is 25.1 Å². The molecule has 1 heterocycles. The summed E-state index contributed by atoms with van der Waals surface area (Å²) in [4.78, 5) is 38.3. The normalized spacial score (nSPS) is 14.3. The number of amides is 1. The number of para-hydroxylation sites is 1. The zero-order valence-corrected chi connectivity index (χ0v) is 21.7. The van der Waals surface area contributed by atoms with Crippen molar-refractivity contribution in [2.75, 3.05) is 30.5 Å². The van der Waals surface area contributed by atoms with Crippen LogP contribution in [0.2, 0.25) is 0 Å². The maximum absolute atomic E-state index is 12.6. The Balaban J connectivity index is 1.26. The fraction of sp³-hybridized carbons (Fsp3) is 0.321. The van der Waals surface area contributed by atoms with E-state index in [9.17, 15) is 14.4 Å². The number of rotatable bonds is 10. The summed E-state index contributed by atoms with van der Waals surface area (Å²) in [6, 6.07) is 16.9. The molecule has 1 aromatic heterocycles. The molecule has 2 N–H and O–H groups in total. The van der Waals surface area contributed by atoms with Crippen molar-refractivity contribution in [3.8, 4) is 5.75 Å². The number of carbonyl (C=O) groups excluding carboxylic acids is 3. The zero-order chi connectivity index (χ0) is 26.2. The van der Waals surface area contributed by atoms with Crippen LogP contribution in [-0.4, -0.2) is 37.7 Å². The number of hydrogen-bond donors (Lipinski definition) is 2. The van der Waals surface area contributed by atoms with Gasteiger partial charge in [-0.25, -0.2) is 9.59 Å². The number of carbonyl (C=O) groups is 3. The van der Waals surface area contributed by atoms with Gasteiger partial charge in [0.1, 0.15) is 10.8 Å². The Labute approximate surface area is 219 Å². The molecule has 0 saturated carbocycles. The summed E-state index contributed by atoms with van der Waals surface area (Å²) in [5.74, 6) is -0.631. The van der Waals surface area contributed by atoms with Gasteiger partial charge in [0.15, 0.2) is 13.2 Å². The van der Waals surface area contributed by atoms with Gasteiger partial charge in [0.25, 0.3) is 5.91 Å². The quantitative estimate of drug-likeness (QED) is 0.346. The van der Waals surface area contributed by atoms with E-state index < -0.39 is 24.5 Å². The number of benzene rings is 2. The molecule has 1 aliphatic rings. The molecule has 1 aliphatic carbocycles. The van der Waals surface area contributed by atoms with Crippen LogP contribution < -0.4 is 15.4 Å². The molecular formula is C28H30N2O6S. The number of nitrogens with one attached hydrogen (secondary N) is 2. The van der Waals surface area contributed by atoms with E-state index in [1.807, 2.05) is 42.5 Å². The van der Waals surface area contributed by atoms with Gasteiger partial charge in [0.2, 0.25) is 0 Å². The summed E-state index contributed by atoms with van der Waals surface area (Å²) < 4.78 is 15.8. The lowest BCUT2D eigenvalue weighted by molar-refractivity contribution is -0.149. The van der Waals surface area contributed by atoms with Crippen molar-refractivity contribution < 1.29 is 28.6 Å². The third-order valence-electron chi connectivity index (χ3n) is 5.88. The predicted molar refractivity (Wildman–Crippen MR) is 143 cm³/mol. The summed E-state index contributed by atoms with van der Waals surface area (Å²) >= 11 is 1.39. The van der Waals surface area contributed by atoms with E-state index in [-0.39, 0.29) is 13.2 Å². The summed E-state index contributed by atoms with van der Waals surface area (Å²) in [5, 5.41) is 6.44. The van der Waals surface area contributed by atoms with E-state index in [0.29, 0.717) is 22.2 Å². The Morgan fingerprint density at radius 2 is 1.70 bits per heavy atom. The molecule has 37 heavy (non-hydrogen) atoms. The molecule has 1 atom stereocenters. The first-order chi connectivity index (χ1) is 17.9. The highest BCUT2D eigenvalue weighted by molar-refractivity contribution is 7.17. The molecule has 0 radical (unpaired) electrons. The lowest BCUT2D eigenvalue weighted by Gasteiger charge is -2.18. The van der Waals surface area contributed by atoms with Gasteiger partial charge in [0, 0.05) is 16.3 Å². The average Bonchev–Trinajstić information content (AvgIpc) is 3.24. The van der Waals surface area contributed by atoms with Crippen LogP contribution in [0.15, 0.2) is 54.6 Å². The number of esters is 2. The number of ether oxygens (including phenoxy) is 3. The van der Waals surface area contributed by atoms with Crippen molar-refractivity contribution >= 4 is 45.6 Å². The first-order valence-corrected chi connectivity index (χ1v) is 13.1. The molecule has 0 aliphatic heterocycles. The number of hydrogen-bond acceptors (Lipinski definition) is 8. The second-order valence-corrected chi connectivity index (χ2v) is 9.89. The van der Waals surface area contributed by atoms with E-state index in [4.69, 9.17) is 14.2 Å². The number of fused-ring (bicyclic) bond motifs is 1. The average molecular weight is 523 g/mol. The van der Waals surface area contributed by atoms with Gasteiger partial charge in [-0.3, -0.25) is 4.79 Å². The van der Waals surface area contributed by atoms with E-state index in [1.165, 1.54) is 11.3 Å². The SMILES string of the molecule is CCOC(=O)c1c(NC(=O)COC(=O)COc2ccc(Nc3ccccc3)cc2)sc2c1CC[C@@H](C)C2. The highest BCUT2D eigenvalue weighted by Crippen LogP contribution is 2.40. The van der Waals surface area contributed by atoms with Crippen LogP contribution in [0, 0.1) is 5.92 Å². The van der Waals surface area contributed by atoms with Gasteiger partial charge in [0.05, 0.1) is 12.2 Å². The van der Waals surface area contributed by atoms with E-state index in [1.54, 1.807) is 19.1 Å². The summed E-state index contributed by atoms with van der Waals surface area (Å²) in [7, 11) is 0. The van der Waals surface area contributed by atoms with Crippen LogP contribution in [0.1, 0.15) is 41.1 Å². The van der Waals surface area contributed by atoms with Gasteiger partial charge in [-0.2, -0.15) is 0 Å². The van der Waals surface area contributed by atoms with Crippen molar-refractivity contribution in [3.63, 3.8) is 0 Å². The zero-order valence-electron chi connectivity index (χ0n) is 20.9. The van der Waals surface area contributed by atoms with Crippen LogP contribution >= 0.6 is 11.3 Å². The maximum atomic E-state index is 12.6. The van der Waals surface area contributed by atoms with Crippen LogP contribution in [0.25, 0.3) is 0 Å². The Morgan fingerprint density at radius 1 is 0.973 bits per heavy atom. The Bertz CT molecular complexity index is 1240. The molecule has 0 fully saturated rings. The van der Waals surface area contributed by atoms with Gasteiger partial charge < -0.3 is 24.8 Å². The Kier molecular flexibility index (Phi) is 8.79. The molecule has 0 spiro atoms. The standard InChI is InChI=1S/C28H30N2O6S/c1-3-34-28(33)26-22-14-9-18(2)15-23(22)37-27(26)30-24(31)16-36-25(32)17-35-21-12-10-20(11-13-21)29-19-7-5-4-6-8-19/h4-8,10-13,18,29H,3,9,14-17H2,1-2H3,(H,30,31)/t18-/m1/s1. The van der Waals surface area contributed by atoms with Crippen molar-refractivity contribution in [2.45, 2.75) is 33.1 Å². The fourth-order valence-electron chi connectivity index (χ4n) is 4.07. The molecule has 0 unspecified atom stereocenters. The molecular weight excluding hydrogens is 492 g/mol. The summed E-state index contributed by atoms with van der Waals surface area (Å²) in [5.41, 5.74) is 3.21. The van der Waals surface area contributed by atoms with Gasteiger partial charge in [-0.15, -0.1) is 11.3 Å². The lowest BCUT2D eigenvalue weighted by Crippen LogP contribution is -2.24. The van der Waals surface area contributed by atoms with Crippen molar-refractivity contribution in [2.24, 2.45) is 5.92 Å². The number of thiophene rings is 1. The second kappa shape index (κ2) is 12.4. The molecule has 3 aromatic rings. The van der Waals surface area contributed by atoms with E-state index in [2.05, 4.69) is 17.6 Å². The molecule has 0 bridgehead atoms. The predicted octanol–water partition coefficient (Wildman–Crippen LogP) is 5.35. The molecule has 2 aromatic carbocycles. The van der Waals surface area contributed by atoms with Crippen LogP contribution in [0.3, 0.4) is 0 Å². The minimum Gasteiger partial charge on any atom is -0.482 e. The summed E-state index contributed by atoms with van der Waals surface area (Å²) in [6.45, 7) is 3.34.